The van der Waals surface area contributed by atoms with Crippen molar-refractivity contribution in [2.75, 3.05) is 0 Å². The van der Waals surface area contributed by atoms with Gasteiger partial charge in [0.25, 0.3) is 0 Å². The van der Waals surface area contributed by atoms with Gasteiger partial charge in [0.05, 0.1) is 0 Å². The van der Waals surface area contributed by atoms with E-state index in [2.05, 4.69) is 12.3 Å². The second-order valence-corrected chi connectivity index (χ2v) is 1.78. The fraction of sp³-hybridized carbons (Fsp3) is 0.222. The maximum atomic E-state index is 3.46. The first kappa shape index (κ1) is 8.00. The molecule has 0 aromatic carbocycles. The Labute approximate surface area is 56.9 Å². The minimum atomic E-state index is 1.17. The molecule has 0 heteroatoms. The van der Waals surface area contributed by atoms with E-state index >= 15 is 0 Å². The molecule has 0 aliphatic heterocycles. The van der Waals surface area contributed by atoms with Crippen LogP contribution in [0.25, 0.3) is 0 Å². The molecule has 0 aromatic rings. The number of allylic oxidation sites excluding steroid dienone is 5. The summed E-state index contributed by atoms with van der Waals surface area (Å²) in [4.78, 5) is 0. The van der Waals surface area contributed by atoms with E-state index in [0.29, 0.717) is 0 Å². The smallest absolute Gasteiger partial charge is 0.0177 e. The molecule has 0 amide bonds. The standard InChI is InChI=1S/C9H12/c1-4-6-8-9(3)7-5-2/h4,6-8H,2H2,1,3H3. The zero-order valence-corrected chi connectivity index (χ0v) is 6.02. The van der Waals surface area contributed by atoms with Crippen LogP contribution in [0.3, 0.4) is 0 Å². The summed E-state index contributed by atoms with van der Waals surface area (Å²) in [6.45, 7) is 7.46. The van der Waals surface area contributed by atoms with Gasteiger partial charge in [0.2, 0.25) is 0 Å². The summed E-state index contributed by atoms with van der Waals surface area (Å²) in [5.41, 5.74) is 3.87. The Morgan fingerprint density at radius 3 is 2.67 bits per heavy atom. The monoisotopic (exact) mass is 120 g/mol. The van der Waals surface area contributed by atoms with Crippen molar-refractivity contribution in [3.05, 3.63) is 42.2 Å². The predicted octanol–water partition coefficient (Wildman–Crippen LogP) is 2.85. The van der Waals surface area contributed by atoms with Crippen LogP contribution >= 0.6 is 0 Å². The highest BCUT2D eigenvalue weighted by Crippen LogP contribution is 1.92. The summed E-state index contributed by atoms with van der Waals surface area (Å²) < 4.78 is 0. The van der Waals surface area contributed by atoms with Gasteiger partial charge in [-0.05, 0) is 25.5 Å². The molecular formula is C9H12. The Bertz CT molecular complexity index is 164. The average molecular weight is 120 g/mol. The van der Waals surface area contributed by atoms with Crippen molar-refractivity contribution < 1.29 is 0 Å². The number of hydrogen-bond donors (Lipinski definition) is 0. The lowest BCUT2D eigenvalue weighted by molar-refractivity contribution is 1.52. The largest absolute Gasteiger partial charge is 0.128 e. The van der Waals surface area contributed by atoms with Gasteiger partial charge in [-0.1, -0.05) is 24.8 Å². The summed E-state index contributed by atoms with van der Waals surface area (Å²) >= 11 is 0. The van der Waals surface area contributed by atoms with Gasteiger partial charge in [-0.25, -0.2) is 0 Å². The molecule has 0 radical (unpaired) electrons. The SMILES string of the molecule is C=C=CC(C)=CC=CC. The predicted molar refractivity (Wildman–Crippen MR) is 42.3 cm³/mol. The summed E-state index contributed by atoms with van der Waals surface area (Å²) in [5.74, 6) is 0. The van der Waals surface area contributed by atoms with E-state index < -0.39 is 0 Å². The summed E-state index contributed by atoms with van der Waals surface area (Å²) in [6.07, 6.45) is 7.84. The lowest BCUT2D eigenvalue weighted by Crippen LogP contribution is -1.61. The molecule has 9 heavy (non-hydrogen) atoms. The normalized spacial score (nSPS) is 11.6. The number of rotatable bonds is 2. The molecule has 0 aliphatic carbocycles. The zero-order chi connectivity index (χ0) is 7.11. The Kier molecular flexibility index (Phi) is 4.57. The third-order valence-electron chi connectivity index (χ3n) is 0.881. The molecule has 0 nitrogen and oxygen atoms in total. The highest BCUT2D eigenvalue weighted by atomic mass is 13.8. The van der Waals surface area contributed by atoms with Crippen LogP contribution in [0, 0.1) is 0 Å². The minimum Gasteiger partial charge on any atom is -0.128 e. The van der Waals surface area contributed by atoms with Gasteiger partial charge in [0.1, 0.15) is 0 Å². The fourth-order valence-corrected chi connectivity index (χ4v) is 0.457. The van der Waals surface area contributed by atoms with Crippen LogP contribution in [0.15, 0.2) is 42.2 Å². The maximum Gasteiger partial charge on any atom is -0.0177 e. The first-order chi connectivity index (χ1) is 4.31. The van der Waals surface area contributed by atoms with Crippen LogP contribution in [0.5, 0.6) is 0 Å². The van der Waals surface area contributed by atoms with Gasteiger partial charge >= 0.3 is 0 Å². The molecule has 0 heterocycles. The number of hydrogen-bond acceptors (Lipinski definition) is 0. The molecule has 0 aliphatic rings. The van der Waals surface area contributed by atoms with E-state index in [1.165, 1.54) is 5.57 Å². The highest BCUT2D eigenvalue weighted by molar-refractivity contribution is 5.20. The second-order valence-electron chi connectivity index (χ2n) is 1.78. The van der Waals surface area contributed by atoms with Crippen LogP contribution in [0.1, 0.15) is 13.8 Å². The van der Waals surface area contributed by atoms with E-state index in [-0.39, 0.29) is 0 Å². The minimum absolute atomic E-state index is 1.17. The van der Waals surface area contributed by atoms with Crippen molar-refractivity contribution in [2.45, 2.75) is 13.8 Å². The van der Waals surface area contributed by atoms with Crippen molar-refractivity contribution in [3.63, 3.8) is 0 Å². The third kappa shape index (κ3) is 4.86. The van der Waals surface area contributed by atoms with Crippen molar-refractivity contribution >= 4 is 0 Å². The second kappa shape index (κ2) is 5.14. The van der Waals surface area contributed by atoms with Gasteiger partial charge in [0, 0.05) is 0 Å². The zero-order valence-electron chi connectivity index (χ0n) is 6.02. The summed E-state index contributed by atoms with van der Waals surface area (Å²) in [5, 5.41) is 0. The van der Waals surface area contributed by atoms with Crippen molar-refractivity contribution in [1.29, 1.82) is 0 Å². The molecule has 0 N–H and O–H groups in total. The van der Waals surface area contributed by atoms with Gasteiger partial charge in [0.15, 0.2) is 0 Å². The Balaban J connectivity index is 3.99. The van der Waals surface area contributed by atoms with Gasteiger partial charge in [-0.2, -0.15) is 0 Å². The molecule has 0 fully saturated rings. The molecule has 0 saturated heterocycles. The molecule has 0 bridgehead atoms. The molecule has 0 rings (SSSR count). The maximum absolute atomic E-state index is 3.46. The summed E-state index contributed by atoms with van der Waals surface area (Å²) in [6, 6.07) is 0. The van der Waals surface area contributed by atoms with Crippen LogP contribution in [-0.4, -0.2) is 0 Å². The van der Waals surface area contributed by atoms with Gasteiger partial charge < -0.3 is 0 Å². The molecule has 0 unspecified atom stereocenters. The van der Waals surface area contributed by atoms with Crippen molar-refractivity contribution in [3.8, 4) is 0 Å². The van der Waals surface area contributed by atoms with Gasteiger partial charge in [-0.3, -0.25) is 0 Å². The Morgan fingerprint density at radius 1 is 1.56 bits per heavy atom. The van der Waals surface area contributed by atoms with Crippen LogP contribution < -0.4 is 0 Å². The quantitative estimate of drug-likeness (QED) is 0.388. The van der Waals surface area contributed by atoms with E-state index in [0.717, 1.165) is 0 Å². The van der Waals surface area contributed by atoms with E-state index in [1.54, 1.807) is 0 Å². The van der Waals surface area contributed by atoms with E-state index in [9.17, 15) is 0 Å². The van der Waals surface area contributed by atoms with E-state index in [4.69, 9.17) is 0 Å². The third-order valence-corrected chi connectivity index (χ3v) is 0.881. The van der Waals surface area contributed by atoms with Crippen molar-refractivity contribution in [1.82, 2.24) is 0 Å². The summed E-state index contributed by atoms with van der Waals surface area (Å²) in [7, 11) is 0. The average Bonchev–Trinajstić information content (AvgIpc) is 1.85. The molecular weight excluding hydrogens is 108 g/mol. The van der Waals surface area contributed by atoms with E-state index in [1.807, 2.05) is 38.2 Å². The molecule has 0 atom stereocenters. The van der Waals surface area contributed by atoms with Crippen LogP contribution in [0.2, 0.25) is 0 Å². The first-order valence-corrected chi connectivity index (χ1v) is 2.96. The lowest BCUT2D eigenvalue weighted by Gasteiger charge is -1.81. The Morgan fingerprint density at radius 2 is 2.22 bits per heavy atom. The highest BCUT2D eigenvalue weighted by Gasteiger charge is 1.72. The van der Waals surface area contributed by atoms with Gasteiger partial charge in [-0.15, -0.1) is 5.73 Å². The topological polar surface area (TPSA) is 0 Å². The molecule has 0 saturated carbocycles. The lowest BCUT2D eigenvalue weighted by atomic mass is 10.3. The molecule has 0 spiro atoms. The fourth-order valence-electron chi connectivity index (χ4n) is 0.457. The van der Waals surface area contributed by atoms with Crippen molar-refractivity contribution in [2.24, 2.45) is 0 Å². The molecule has 48 valence electrons. The van der Waals surface area contributed by atoms with Crippen LogP contribution in [0.4, 0.5) is 0 Å². The Hall–Kier alpha value is -1.00. The molecule has 0 aromatic heterocycles. The van der Waals surface area contributed by atoms with Crippen LogP contribution in [-0.2, 0) is 0 Å². The first-order valence-electron chi connectivity index (χ1n) is 2.96.